The smallest absolute Gasteiger partial charge is 0.225 e. The van der Waals surface area contributed by atoms with Crippen LogP contribution in [0, 0.1) is 5.21 Å². The molecule has 1 atom stereocenters. The Labute approximate surface area is 114 Å². The lowest BCUT2D eigenvalue weighted by atomic mass is 9.98. The second kappa shape index (κ2) is 4.42. The Balaban J connectivity index is 1.97. The van der Waals surface area contributed by atoms with Crippen LogP contribution in [0.3, 0.4) is 0 Å². The van der Waals surface area contributed by atoms with E-state index in [4.69, 9.17) is 0 Å². The molecule has 3 rings (SSSR count). The van der Waals surface area contributed by atoms with Crippen molar-refractivity contribution in [2.45, 2.75) is 51.6 Å². The number of hydrogen-bond acceptors (Lipinski definition) is 5. The van der Waals surface area contributed by atoms with Crippen LogP contribution in [-0.4, -0.2) is 28.1 Å². The van der Waals surface area contributed by atoms with Crippen molar-refractivity contribution in [3.8, 4) is 0 Å². The number of nitrogens with zero attached hydrogens (tertiary/aromatic N) is 4. The molecule has 5 heteroatoms. The van der Waals surface area contributed by atoms with Crippen LogP contribution in [-0.2, 0) is 5.54 Å². The zero-order chi connectivity index (χ0) is 13.6. The molecule has 1 aromatic heterocycles. The molecule has 0 saturated carbocycles. The Morgan fingerprint density at radius 3 is 2.63 bits per heavy atom. The van der Waals surface area contributed by atoms with Crippen molar-refractivity contribution in [3.05, 3.63) is 22.7 Å². The zero-order valence-electron chi connectivity index (χ0n) is 11.9. The van der Waals surface area contributed by atoms with Gasteiger partial charge in [0, 0.05) is 36.4 Å². The monoisotopic (exact) mass is 261 g/mol. The third kappa shape index (κ3) is 1.92. The SMILES string of the molecule is CC1c2nc(N3CCCCC3)ncc2C(C)(C)N1[O-]. The third-order valence-corrected chi connectivity index (χ3v) is 4.40. The second-order valence-electron chi connectivity index (χ2n) is 6.08. The number of hydroxylamine groups is 2. The van der Waals surface area contributed by atoms with Crippen molar-refractivity contribution in [3.63, 3.8) is 0 Å². The van der Waals surface area contributed by atoms with Gasteiger partial charge in [-0.1, -0.05) is 0 Å². The molecule has 0 N–H and O–H groups in total. The van der Waals surface area contributed by atoms with Crippen LogP contribution in [0.2, 0.25) is 0 Å². The van der Waals surface area contributed by atoms with Gasteiger partial charge in [-0.05, 0) is 40.0 Å². The van der Waals surface area contributed by atoms with E-state index in [0.29, 0.717) is 0 Å². The van der Waals surface area contributed by atoms with E-state index in [-0.39, 0.29) is 6.04 Å². The molecule has 5 nitrogen and oxygen atoms in total. The Hall–Kier alpha value is -1.20. The predicted molar refractivity (Wildman–Crippen MR) is 74.7 cm³/mol. The molecule has 1 fully saturated rings. The molecule has 0 bridgehead atoms. The maximum absolute atomic E-state index is 12.2. The summed E-state index contributed by atoms with van der Waals surface area (Å²) < 4.78 is 0. The molecule has 1 aromatic rings. The van der Waals surface area contributed by atoms with Gasteiger partial charge in [-0.25, -0.2) is 9.97 Å². The van der Waals surface area contributed by atoms with Crippen LogP contribution in [0.4, 0.5) is 5.95 Å². The summed E-state index contributed by atoms with van der Waals surface area (Å²) in [7, 11) is 0. The predicted octanol–water partition coefficient (Wildman–Crippen LogP) is 2.58. The fourth-order valence-electron chi connectivity index (χ4n) is 3.14. The molecule has 0 amide bonds. The fraction of sp³-hybridized carbons (Fsp3) is 0.714. The first-order chi connectivity index (χ1) is 9.01. The maximum Gasteiger partial charge on any atom is 0.225 e. The summed E-state index contributed by atoms with van der Waals surface area (Å²) in [6.07, 6.45) is 5.55. The maximum atomic E-state index is 12.2. The van der Waals surface area contributed by atoms with E-state index >= 15 is 0 Å². The van der Waals surface area contributed by atoms with Gasteiger partial charge in [-0.15, -0.1) is 0 Å². The number of aromatic nitrogens is 2. The Morgan fingerprint density at radius 1 is 1.26 bits per heavy atom. The lowest BCUT2D eigenvalue weighted by molar-refractivity contribution is 0.171. The lowest BCUT2D eigenvalue weighted by Crippen LogP contribution is -2.32. The van der Waals surface area contributed by atoms with Crippen LogP contribution in [0.15, 0.2) is 6.20 Å². The highest BCUT2D eigenvalue weighted by Gasteiger charge is 2.38. The minimum atomic E-state index is -0.519. The van der Waals surface area contributed by atoms with Crippen molar-refractivity contribution in [1.29, 1.82) is 0 Å². The molecule has 0 aromatic carbocycles. The summed E-state index contributed by atoms with van der Waals surface area (Å²) >= 11 is 0. The Bertz CT molecular complexity index is 482. The lowest BCUT2D eigenvalue weighted by Gasteiger charge is -2.40. The molecule has 2 aliphatic rings. The highest BCUT2D eigenvalue weighted by atomic mass is 16.5. The van der Waals surface area contributed by atoms with Crippen molar-refractivity contribution in [1.82, 2.24) is 15.0 Å². The highest BCUT2D eigenvalue weighted by molar-refractivity contribution is 5.40. The van der Waals surface area contributed by atoms with Gasteiger partial charge in [0.2, 0.25) is 5.95 Å². The van der Waals surface area contributed by atoms with Crippen LogP contribution in [0.1, 0.15) is 57.3 Å². The summed E-state index contributed by atoms with van der Waals surface area (Å²) in [5, 5.41) is 13.3. The topological polar surface area (TPSA) is 55.3 Å². The van der Waals surface area contributed by atoms with Crippen molar-refractivity contribution in [2.24, 2.45) is 0 Å². The van der Waals surface area contributed by atoms with Crippen molar-refractivity contribution < 1.29 is 0 Å². The van der Waals surface area contributed by atoms with E-state index in [1.165, 1.54) is 19.3 Å². The van der Waals surface area contributed by atoms with Crippen molar-refractivity contribution in [2.75, 3.05) is 18.0 Å². The second-order valence-corrected chi connectivity index (χ2v) is 6.08. The van der Waals surface area contributed by atoms with E-state index in [1.807, 2.05) is 27.0 Å². The van der Waals surface area contributed by atoms with Gasteiger partial charge in [0.25, 0.3) is 0 Å². The summed E-state index contributed by atoms with van der Waals surface area (Å²) in [6.45, 7) is 7.85. The molecular weight excluding hydrogens is 240 g/mol. The van der Waals surface area contributed by atoms with E-state index in [2.05, 4.69) is 14.9 Å². The normalized spacial score (nSPS) is 26.5. The van der Waals surface area contributed by atoms with Gasteiger partial charge in [0.15, 0.2) is 0 Å². The minimum absolute atomic E-state index is 0.184. The van der Waals surface area contributed by atoms with Crippen molar-refractivity contribution >= 4 is 5.95 Å². The number of rotatable bonds is 1. The molecule has 104 valence electrons. The van der Waals surface area contributed by atoms with Crippen LogP contribution in [0.5, 0.6) is 0 Å². The van der Waals surface area contributed by atoms with E-state index in [0.717, 1.165) is 35.4 Å². The van der Waals surface area contributed by atoms with E-state index in [9.17, 15) is 5.21 Å². The summed E-state index contributed by atoms with van der Waals surface area (Å²) in [6, 6.07) is -0.184. The van der Waals surface area contributed by atoms with Gasteiger partial charge >= 0.3 is 0 Å². The summed E-state index contributed by atoms with van der Waals surface area (Å²) in [5.74, 6) is 0.788. The van der Waals surface area contributed by atoms with Crippen LogP contribution in [0.25, 0.3) is 0 Å². The quantitative estimate of drug-likeness (QED) is 0.777. The Kier molecular flexibility index (Phi) is 2.98. The molecule has 3 heterocycles. The van der Waals surface area contributed by atoms with Gasteiger partial charge < -0.3 is 15.2 Å². The zero-order valence-corrected chi connectivity index (χ0v) is 11.9. The van der Waals surface area contributed by atoms with Gasteiger partial charge in [0.05, 0.1) is 5.69 Å². The highest BCUT2D eigenvalue weighted by Crippen LogP contribution is 2.44. The number of hydrogen-bond donors (Lipinski definition) is 0. The fourth-order valence-corrected chi connectivity index (χ4v) is 3.14. The Morgan fingerprint density at radius 2 is 1.95 bits per heavy atom. The van der Waals surface area contributed by atoms with Crippen LogP contribution < -0.4 is 4.90 Å². The van der Waals surface area contributed by atoms with Gasteiger partial charge in [-0.3, -0.25) is 0 Å². The molecule has 19 heavy (non-hydrogen) atoms. The molecule has 1 saturated heterocycles. The number of anilines is 1. The standard InChI is InChI=1S/C14H21N4O/c1-10-12-11(14(2,3)18(10)19)9-15-13(16-12)17-7-5-4-6-8-17/h9-10H,4-8H2,1-3H3/q-1. The summed E-state index contributed by atoms with van der Waals surface area (Å²) in [5.41, 5.74) is 1.35. The minimum Gasteiger partial charge on any atom is -0.784 e. The third-order valence-electron chi connectivity index (χ3n) is 4.40. The summed E-state index contributed by atoms with van der Waals surface area (Å²) in [4.78, 5) is 11.4. The van der Waals surface area contributed by atoms with E-state index < -0.39 is 5.54 Å². The number of piperidine rings is 1. The average molecular weight is 261 g/mol. The molecule has 0 spiro atoms. The van der Waals surface area contributed by atoms with E-state index in [1.54, 1.807) is 0 Å². The van der Waals surface area contributed by atoms with Gasteiger partial charge in [0.1, 0.15) is 0 Å². The largest absolute Gasteiger partial charge is 0.784 e. The first-order valence-corrected chi connectivity index (χ1v) is 7.10. The number of fused-ring (bicyclic) bond motifs is 1. The van der Waals surface area contributed by atoms with Gasteiger partial charge in [-0.2, -0.15) is 0 Å². The average Bonchev–Trinajstić information content (AvgIpc) is 2.61. The first-order valence-electron chi connectivity index (χ1n) is 7.10. The molecular formula is C14H21N4O-. The molecule has 0 aliphatic carbocycles. The molecule has 0 radical (unpaired) electrons. The van der Waals surface area contributed by atoms with Crippen LogP contribution >= 0.6 is 0 Å². The molecule has 1 unspecified atom stereocenters. The first kappa shape index (κ1) is 12.8. The molecule has 2 aliphatic heterocycles.